The van der Waals surface area contributed by atoms with Gasteiger partial charge in [-0.15, -0.1) is 0 Å². The van der Waals surface area contributed by atoms with Crippen molar-refractivity contribution in [3.63, 3.8) is 0 Å². The molecule has 174 valence electrons. The van der Waals surface area contributed by atoms with Crippen LogP contribution in [0.3, 0.4) is 0 Å². The first-order valence-electron chi connectivity index (χ1n) is 10.8. The summed E-state index contributed by atoms with van der Waals surface area (Å²) in [5.74, 6) is -4.27. The van der Waals surface area contributed by atoms with Gasteiger partial charge in [-0.05, 0) is 12.3 Å². The summed E-state index contributed by atoms with van der Waals surface area (Å²) in [7, 11) is -4.89. The molecule has 1 aliphatic heterocycles. The molecule has 1 atom stereocenters. The molecule has 8 nitrogen and oxygen atoms in total. The van der Waals surface area contributed by atoms with Crippen LogP contribution in [0.2, 0.25) is 0 Å². The van der Waals surface area contributed by atoms with Crippen LogP contribution in [-0.4, -0.2) is 31.4 Å². The lowest BCUT2D eigenvalue weighted by atomic mass is 10.0. The molecule has 1 fully saturated rings. The van der Waals surface area contributed by atoms with Gasteiger partial charge >= 0.3 is 28.3 Å². The molecule has 1 rings (SSSR count). The molecule has 9 heteroatoms. The number of cyclic esters (lactones) is 1. The molecule has 1 unspecified atom stereocenters. The Bertz CT molecular complexity index is 670. The van der Waals surface area contributed by atoms with E-state index in [0.717, 1.165) is 25.2 Å². The Morgan fingerprint density at radius 1 is 0.967 bits per heavy atom. The molecule has 0 aliphatic carbocycles. The molecule has 0 aromatic carbocycles. The van der Waals surface area contributed by atoms with Crippen LogP contribution in [-0.2, 0) is 33.1 Å². The zero-order valence-electron chi connectivity index (χ0n) is 18.2. The molecule has 1 aliphatic rings. The molecule has 30 heavy (non-hydrogen) atoms. The first kappa shape index (κ1) is 26.6. The van der Waals surface area contributed by atoms with Crippen molar-refractivity contribution >= 4 is 22.3 Å². The largest absolute Gasteiger partial charge is 0.457 e. The molecule has 0 amide bonds. The lowest BCUT2D eigenvalue weighted by Gasteiger charge is -2.25. The number of aliphatic hydroxyl groups is 1. The Labute approximate surface area is 180 Å². The van der Waals surface area contributed by atoms with E-state index in [2.05, 4.69) is 28.8 Å². The highest BCUT2D eigenvalue weighted by molar-refractivity contribution is 7.82. The van der Waals surface area contributed by atoms with Gasteiger partial charge in [0.2, 0.25) is 0 Å². The summed E-state index contributed by atoms with van der Waals surface area (Å²) >= 11 is 0. The van der Waals surface area contributed by atoms with E-state index in [0.29, 0.717) is 12.8 Å². The Balaban J connectivity index is 2.26. The second kappa shape index (κ2) is 13.1. The predicted octanol–water partition coefficient (Wildman–Crippen LogP) is 4.28. The summed E-state index contributed by atoms with van der Waals surface area (Å²) in [4.78, 5) is 23.3. The van der Waals surface area contributed by atoms with E-state index in [1.165, 1.54) is 38.5 Å². The molecule has 1 saturated heterocycles. The van der Waals surface area contributed by atoms with E-state index in [9.17, 15) is 23.1 Å². The monoisotopic (exact) mass is 448 g/mol. The zero-order valence-corrected chi connectivity index (χ0v) is 19.0. The minimum atomic E-state index is -4.89. The van der Waals surface area contributed by atoms with Crippen LogP contribution in [0.25, 0.3) is 0 Å². The van der Waals surface area contributed by atoms with Crippen LogP contribution in [0.5, 0.6) is 0 Å². The topological polar surface area (TPSA) is 116 Å². The summed E-state index contributed by atoms with van der Waals surface area (Å²) in [6.07, 6.45) is 10.9. The van der Waals surface area contributed by atoms with E-state index in [4.69, 9.17) is 4.74 Å². The van der Waals surface area contributed by atoms with Gasteiger partial charge in [0.05, 0.1) is 6.42 Å². The van der Waals surface area contributed by atoms with Crippen LogP contribution in [0.1, 0.15) is 97.3 Å². The zero-order chi connectivity index (χ0) is 22.6. The fraction of sp³-hybridized carbons (Fsp3) is 0.810. The van der Waals surface area contributed by atoms with Gasteiger partial charge in [0.25, 0.3) is 0 Å². The average Bonchev–Trinajstić information content (AvgIpc) is 2.62. The second-order valence-corrected chi connectivity index (χ2v) is 9.45. The summed E-state index contributed by atoms with van der Waals surface area (Å²) in [6, 6.07) is 0. The van der Waals surface area contributed by atoms with Gasteiger partial charge in [-0.3, -0.25) is 4.79 Å². The van der Waals surface area contributed by atoms with Crippen molar-refractivity contribution in [2.45, 2.75) is 103 Å². The molecular weight excluding hydrogens is 412 g/mol. The number of rotatable bonds is 13. The Kier molecular flexibility index (Phi) is 11.6. The predicted molar refractivity (Wildman–Crippen MR) is 111 cm³/mol. The van der Waals surface area contributed by atoms with Crippen molar-refractivity contribution < 1.29 is 36.2 Å². The molecule has 0 aromatic rings. The quantitative estimate of drug-likeness (QED) is 0.252. The van der Waals surface area contributed by atoms with Crippen LogP contribution >= 0.6 is 0 Å². The van der Waals surface area contributed by atoms with Gasteiger partial charge in [0, 0.05) is 12.0 Å². The SMILES string of the molecule is C=C1CC(=O)OC(O)(CCCCCCCCCCCCC(C)C)OS(=O)(=O)OC1=O. The summed E-state index contributed by atoms with van der Waals surface area (Å²) < 4.78 is 36.8. The van der Waals surface area contributed by atoms with Crippen LogP contribution in [0, 0.1) is 5.92 Å². The highest BCUT2D eigenvalue weighted by Crippen LogP contribution is 2.26. The summed E-state index contributed by atoms with van der Waals surface area (Å²) in [6.45, 7) is 7.76. The highest BCUT2D eigenvalue weighted by Gasteiger charge is 2.42. The van der Waals surface area contributed by atoms with E-state index in [-0.39, 0.29) is 6.42 Å². The van der Waals surface area contributed by atoms with Gasteiger partial charge in [0.15, 0.2) is 0 Å². The number of ether oxygens (including phenoxy) is 1. The summed E-state index contributed by atoms with van der Waals surface area (Å²) in [5, 5.41) is 10.3. The molecule has 0 aromatic heterocycles. The lowest BCUT2D eigenvalue weighted by molar-refractivity contribution is -0.305. The number of hydrogen-bond donors (Lipinski definition) is 1. The number of unbranched alkanes of at least 4 members (excludes halogenated alkanes) is 9. The third-order valence-electron chi connectivity index (χ3n) is 4.85. The maximum absolute atomic E-state index is 11.8. The average molecular weight is 449 g/mol. The number of carbonyl (C=O) groups is 2. The lowest BCUT2D eigenvalue weighted by Crippen LogP contribution is -2.40. The smallest absolute Gasteiger partial charge is 0.407 e. The van der Waals surface area contributed by atoms with E-state index < -0.39 is 40.3 Å². The molecular formula is C21H36O8S. The number of hydrogen-bond acceptors (Lipinski definition) is 8. The summed E-state index contributed by atoms with van der Waals surface area (Å²) in [5.41, 5.74) is -0.406. The molecule has 1 heterocycles. The second-order valence-electron chi connectivity index (χ2n) is 8.30. The maximum Gasteiger partial charge on any atom is 0.457 e. The fourth-order valence-corrected chi connectivity index (χ4v) is 3.99. The highest BCUT2D eigenvalue weighted by atomic mass is 32.3. The Morgan fingerprint density at radius 2 is 1.47 bits per heavy atom. The fourth-order valence-electron chi connectivity index (χ4n) is 3.21. The van der Waals surface area contributed by atoms with Gasteiger partial charge in [-0.25, -0.2) is 4.79 Å². The third kappa shape index (κ3) is 11.7. The molecule has 0 spiro atoms. The minimum Gasteiger partial charge on any atom is -0.407 e. The van der Waals surface area contributed by atoms with Crippen LogP contribution < -0.4 is 0 Å². The standard InChI is InChI=1S/C21H36O8S/c1-17(2)14-12-10-8-6-4-5-7-9-11-13-15-21(24)27-19(22)16-18(3)20(23)28-30(25,26)29-21/h17,24H,3-16H2,1-2H3. The van der Waals surface area contributed by atoms with Gasteiger partial charge < -0.3 is 14.0 Å². The normalized spacial score (nSPS) is 22.2. The molecule has 0 radical (unpaired) electrons. The van der Waals surface area contributed by atoms with Crippen molar-refractivity contribution in [3.8, 4) is 0 Å². The van der Waals surface area contributed by atoms with Crippen LogP contribution in [0.4, 0.5) is 0 Å². The maximum atomic E-state index is 11.8. The van der Waals surface area contributed by atoms with Crippen LogP contribution in [0.15, 0.2) is 12.2 Å². The van der Waals surface area contributed by atoms with Crippen molar-refractivity contribution in [2.75, 3.05) is 0 Å². The first-order chi connectivity index (χ1) is 14.0. The Morgan fingerprint density at radius 3 is 2.00 bits per heavy atom. The Hall–Kier alpha value is -1.45. The number of carbonyl (C=O) groups excluding carboxylic acids is 2. The van der Waals surface area contributed by atoms with E-state index in [1.54, 1.807) is 0 Å². The molecule has 1 N–H and O–H groups in total. The van der Waals surface area contributed by atoms with Gasteiger partial charge in [-0.2, -0.15) is 12.6 Å². The van der Waals surface area contributed by atoms with E-state index >= 15 is 0 Å². The molecule has 0 saturated carbocycles. The van der Waals surface area contributed by atoms with Crippen molar-refractivity contribution in [1.82, 2.24) is 0 Å². The minimum absolute atomic E-state index is 0.252. The van der Waals surface area contributed by atoms with Crippen molar-refractivity contribution in [3.05, 3.63) is 12.2 Å². The number of esters is 1. The molecule has 0 bridgehead atoms. The third-order valence-corrected chi connectivity index (χ3v) is 5.67. The van der Waals surface area contributed by atoms with Gasteiger partial charge in [0.1, 0.15) is 0 Å². The van der Waals surface area contributed by atoms with E-state index in [1.807, 2.05) is 0 Å². The van der Waals surface area contributed by atoms with Crippen molar-refractivity contribution in [1.29, 1.82) is 0 Å². The van der Waals surface area contributed by atoms with Crippen molar-refractivity contribution in [2.24, 2.45) is 5.92 Å². The van der Waals surface area contributed by atoms with Gasteiger partial charge in [-0.1, -0.05) is 84.6 Å². The first-order valence-corrected chi connectivity index (χ1v) is 12.2.